The maximum atomic E-state index is 12.3. The van der Waals surface area contributed by atoms with Crippen molar-refractivity contribution in [3.63, 3.8) is 0 Å². The minimum atomic E-state index is -3.78. The van der Waals surface area contributed by atoms with E-state index in [4.69, 9.17) is 11.6 Å². The van der Waals surface area contributed by atoms with Crippen LogP contribution in [0.1, 0.15) is 13.8 Å². The quantitative estimate of drug-likeness (QED) is 0.458. The second-order valence-corrected chi connectivity index (χ2v) is 7.69. The van der Waals surface area contributed by atoms with E-state index < -0.39 is 20.6 Å². The van der Waals surface area contributed by atoms with Gasteiger partial charge in [0.25, 0.3) is 15.7 Å². The van der Waals surface area contributed by atoms with E-state index >= 15 is 0 Å². The fourth-order valence-corrected chi connectivity index (χ4v) is 4.71. The molecule has 0 aromatic carbocycles. The zero-order valence-electron chi connectivity index (χ0n) is 10.4. The van der Waals surface area contributed by atoms with Crippen LogP contribution in [0.5, 0.6) is 0 Å². The largest absolute Gasteiger partial charge is 0.300 e. The molecule has 0 bridgehead atoms. The molecule has 0 saturated heterocycles. The summed E-state index contributed by atoms with van der Waals surface area (Å²) >= 11 is 6.36. The van der Waals surface area contributed by atoms with Crippen molar-refractivity contribution in [2.75, 3.05) is 13.1 Å². The highest BCUT2D eigenvalue weighted by molar-refractivity contribution is 7.91. The molecule has 0 aliphatic heterocycles. The average Bonchev–Trinajstić information content (AvgIpc) is 2.68. The van der Waals surface area contributed by atoms with Crippen LogP contribution < -0.4 is 0 Å². The van der Waals surface area contributed by atoms with E-state index in [0.717, 1.165) is 6.07 Å². The second-order valence-electron chi connectivity index (χ2n) is 3.87. The van der Waals surface area contributed by atoms with Gasteiger partial charge in [0.15, 0.2) is 4.34 Å². The van der Waals surface area contributed by atoms with Crippen molar-refractivity contribution in [1.82, 2.24) is 4.31 Å². The Kier molecular flexibility index (Phi) is 5.08. The van der Waals surface area contributed by atoms with Gasteiger partial charge in [0.05, 0.1) is 4.92 Å². The number of hydrogen-bond donors (Lipinski definition) is 0. The van der Waals surface area contributed by atoms with E-state index in [1.165, 1.54) is 4.31 Å². The molecular formula is C10H13ClN2O4S2. The Bertz CT molecular complexity index is 609. The highest BCUT2D eigenvalue weighted by Gasteiger charge is 2.29. The predicted octanol–water partition coefficient (Wildman–Crippen LogP) is 2.90. The van der Waals surface area contributed by atoms with E-state index in [0.29, 0.717) is 16.9 Å². The van der Waals surface area contributed by atoms with E-state index in [9.17, 15) is 18.5 Å². The van der Waals surface area contributed by atoms with Crippen LogP contribution in [0, 0.1) is 10.1 Å². The third kappa shape index (κ3) is 3.53. The molecule has 0 aliphatic rings. The monoisotopic (exact) mass is 324 g/mol. The molecule has 0 radical (unpaired) electrons. The van der Waals surface area contributed by atoms with Gasteiger partial charge in [-0.1, -0.05) is 30.7 Å². The summed E-state index contributed by atoms with van der Waals surface area (Å²) in [6, 6.07) is 0.989. The molecule has 19 heavy (non-hydrogen) atoms. The summed E-state index contributed by atoms with van der Waals surface area (Å²) in [6.07, 6.45) is 0. The third-order valence-corrected chi connectivity index (χ3v) is 5.94. The zero-order chi connectivity index (χ0) is 14.8. The van der Waals surface area contributed by atoms with Crippen molar-refractivity contribution in [1.29, 1.82) is 0 Å². The van der Waals surface area contributed by atoms with Crippen LogP contribution in [0.4, 0.5) is 5.69 Å². The molecule has 0 amide bonds. The lowest BCUT2D eigenvalue weighted by Gasteiger charge is -2.19. The summed E-state index contributed by atoms with van der Waals surface area (Å²) in [5.41, 5.74) is 0.291. The molecule has 106 valence electrons. The molecule has 1 heterocycles. The Labute approximate surface area is 120 Å². The Morgan fingerprint density at radius 3 is 2.58 bits per heavy atom. The van der Waals surface area contributed by atoms with E-state index in [1.807, 2.05) is 0 Å². The van der Waals surface area contributed by atoms with Gasteiger partial charge in [0.2, 0.25) is 0 Å². The van der Waals surface area contributed by atoms with Crippen LogP contribution in [0.2, 0.25) is 4.34 Å². The lowest BCUT2D eigenvalue weighted by Crippen LogP contribution is -2.31. The molecule has 0 atom stereocenters. The number of thiophene rings is 1. The lowest BCUT2D eigenvalue weighted by atomic mass is 10.3. The van der Waals surface area contributed by atoms with Gasteiger partial charge >= 0.3 is 0 Å². The van der Waals surface area contributed by atoms with Crippen LogP contribution in [0.15, 0.2) is 22.4 Å². The average molecular weight is 325 g/mol. The summed E-state index contributed by atoms with van der Waals surface area (Å²) in [5, 5.41) is 10.7. The third-order valence-electron chi connectivity index (χ3n) is 2.24. The van der Waals surface area contributed by atoms with Gasteiger partial charge in [-0.15, -0.1) is 11.3 Å². The van der Waals surface area contributed by atoms with Gasteiger partial charge in [-0.2, -0.15) is 4.31 Å². The number of nitro groups is 1. The first kappa shape index (κ1) is 16.1. The highest BCUT2D eigenvalue weighted by atomic mass is 35.5. The van der Waals surface area contributed by atoms with Crippen molar-refractivity contribution in [3.05, 3.63) is 32.7 Å². The number of likely N-dealkylation sites (N-methyl/N-ethyl adjacent to an activating group) is 1. The fourth-order valence-electron chi connectivity index (χ4n) is 1.39. The van der Waals surface area contributed by atoms with Crippen LogP contribution in [-0.4, -0.2) is 30.7 Å². The van der Waals surface area contributed by atoms with Gasteiger partial charge < -0.3 is 0 Å². The number of rotatable bonds is 6. The SMILES string of the molecule is C=C(C)CN(CC)S(=O)(=O)c1cc([N+](=O)[O-])c(Cl)s1. The fraction of sp³-hybridized carbons (Fsp3) is 0.400. The topological polar surface area (TPSA) is 80.5 Å². The summed E-state index contributed by atoms with van der Waals surface area (Å²) in [5.74, 6) is 0. The van der Waals surface area contributed by atoms with Crippen LogP contribution in [-0.2, 0) is 10.0 Å². The zero-order valence-corrected chi connectivity index (χ0v) is 12.8. The second kappa shape index (κ2) is 6.00. The van der Waals surface area contributed by atoms with Crippen LogP contribution >= 0.6 is 22.9 Å². The molecule has 0 unspecified atom stereocenters. The van der Waals surface area contributed by atoms with Crippen molar-refractivity contribution >= 4 is 38.6 Å². The van der Waals surface area contributed by atoms with Crippen molar-refractivity contribution < 1.29 is 13.3 Å². The maximum absolute atomic E-state index is 12.3. The highest BCUT2D eigenvalue weighted by Crippen LogP contribution is 2.37. The van der Waals surface area contributed by atoms with Gasteiger partial charge in [0.1, 0.15) is 4.21 Å². The number of hydrogen-bond acceptors (Lipinski definition) is 5. The molecule has 1 aromatic heterocycles. The number of sulfonamides is 1. The van der Waals surface area contributed by atoms with Crippen molar-refractivity contribution in [2.45, 2.75) is 18.1 Å². The smallest absolute Gasteiger partial charge is 0.258 e. The Morgan fingerprint density at radius 2 is 2.21 bits per heavy atom. The van der Waals surface area contributed by atoms with Crippen molar-refractivity contribution in [3.8, 4) is 0 Å². The molecule has 0 spiro atoms. The first-order chi connectivity index (χ1) is 8.70. The summed E-state index contributed by atoms with van der Waals surface area (Å²) in [7, 11) is -3.78. The summed E-state index contributed by atoms with van der Waals surface area (Å²) in [4.78, 5) is 9.98. The summed E-state index contributed by atoms with van der Waals surface area (Å²) < 4.78 is 25.5. The Morgan fingerprint density at radius 1 is 1.63 bits per heavy atom. The molecule has 0 N–H and O–H groups in total. The standard InChI is InChI=1S/C10H13ClN2O4S2/c1-4-12(6-7(2)3)19(16,17)9-5-8(13(14)15)10(11)18-9/h5H,2,4,6H2,1,3H3. The van der Waals surface area contributed by atoms with E-state index in [1.54, 1.807) is 13.8 Å². The Balaban J connectivity index is 3.22. The van der Waals surface area contributed by atoms with Gasteiger partial charge in [-0.3, -0.25) is 10.1 Å². The van der Waals surface area contributed by atoms with Gasteiger partial charge in [0, 0.05) is 19.2 Å². The predicted molar refractivity (Wildman–Crippen MR) is 75.2 cm³/mol. The number of nitrogens with zero attached hydrogens (tertiary/aromatic N) is 2. The molecule has 1 rings (SSSR count). The van der Waals surface area contributed by atoms with Gasteiger partial charge in [-0.25, -0.2) is 8.42 Å². The first-order valence-electron chi connectivity index (χ1n) is 5.28. The molecule has 6 nitrogen and oxygen atoms in total. The Hall–Kier alpha value is -0.960. The lowest BCUT2D eigenvalue weighted by molar-refractivity contribution is -0.384. The molecule has 0 saturated carbocycles. The molecule has 0 aliphatic carbocycles. The van der Waals surface area contributed by atoms with E-state index in [-0.39, 0.29) is 21.6 Å². The van der Waals surface area contributed by atoms with Crippen LogP contribution in [0.25, 0.3) is 0 Å². The molecule has 1 aromatic rings. The molecule has 0 fully saturated rings. The minimum absolute atomic E-state index is 0.132. The van der Waals surface area contributed by atoms with Crippen molar-refractivity contribution in [2.24, 2.45) is 0 Å². The normalized spacial score (nSPS) is 11.8. The first-order valence-corrected chi connectivity index (χ1v) is 7.91. The van der Waals surface area contributed by atoms with Gasteiger partial charge in [-0.05, 0) is 6.92 Å². The van der Waals surface area contributed by atoms with E-state index in [2.05, 4.69) is 6.58 Å². The molecular weight excluding hydrogens is 312 g/mol. The maximum Gasteiger partial charge on any atom is 0.300 e. The summed E-state index contributed by atoms with van der Waals surface area (Å²) in [6.45, 7) is 7.48. The van der Waals surface area contributed by atoms with Crippen LogP contribution in [0.3, 0.4) is 0 Å². The molecule has 9 heteroatoms. The minimum Gasteiger partial charge on any atom is -0.258 e. The number of halogens is 1.